The first-order valence-electron chi connectivity index (χ1n) is 6.26. The topological polar surface area (TPSA) is 69.6 Å². The van der Waals surface area contributed by atoms with Crippen LogP contribution < -0.4 is 5.32 Å². The second kappa shape index (κ2) is 8.85. The van der Waals surface area contributed by atoms with Gasteiger partial charge in [-0.25, -0.2) is 8.42 Å². The SMILES string of the molecule is CCCCN(CCO)S(=O)(=O)CCNC(C)C. The number of rotatable bonds is 10. The van der Waals surface area contributed by atoms with E-state index in [9.17, 15) is 8.42 Å². The van der Waals surface area contributed by atoms with Crippen LogP contribution >= 0.6 is 0 Å². The Morgan fingerprint density at radius 2 is 1.94 bits per heavy atom. The summed E-state index contributed by atoms with van der Waals surface area (Å²) in [7, 11) is -3.24. The van der Waals surface area contributed by atoms with Gasteiger partial charge in [-0.05, 0) is 6.42 Å². The van der Waals surface area contributed by atoms with E-state index in [1.165, 1.54) is 4.31 Å². The molecule has 0 rings (SSSR count). The van der Waals surface area contributed by atoms with Crippen LogP contribution in [-0.4, -0.2) is 55.9 Å². The van der Waals surface area contributed by atoms with Gasteiger partial charge in [-0.1, -0.05) is 27.2 Å². The van der Waals surface area contributed by atoms with Gasteiger partial charge >= 0.3 is 0 Å². The Balaban J connectivity index is 4.28. The Morgan fingerprint density at radius 3 is 2.41 bits per heavy atom. The quantitative estimate of drug-likeness (QED) is 0.601. The molecule has 0 aliphatic carbocycles. The van der Waals surface area contributed by atoms with Gasteiger partial charge in [0.2, 0.25) is 10.0 Å². The maximum atomic E-state index is 12.0. The summed E-state index contributed by atoms with van der Waals surface area (Å²) < 4.78 is 25.4. The van der Waals surface area contributed by atoms with Crippen molar-refractivity contribution in [3.63, 3.8) is 0 Å². The standard InChI is InChI=1S/C11H26N2O3S/c1-4-5-7-13(8-9-14)17(15,16)10-6-12-11(2)3/h11-12,14H,4-10H2,1-3H3. The van der Waals surface area contributed by atoms with Crippen molar-refractivity contribution in [2.24, 2.45) is 0 Å². The van der Waals surface area contributed by atoms with E-state index in [4.69, 9.17) is 5.11 Å². The Morgan fingerprint density at radius 1 is 1.29 bits per heavy atom. The van der Waals surface area contributed by atoms with Crippen molar-refractivity contribution in [2.75, 3.05) is 32.0 Å². The minimum Gasteiger partial charge on any atom is -0.395 e. The van der Waals surface area contributed by atoms with Crippen LogP contribution in [0.5, 0.6) is 0 Å². The fourth-order valence-corrected chi connectivity index (χ4v) is 2.84. The average Bonchev–Trinajstić information content (AvgIpc) is 2.23. The van der Waals surface area contributed by atoms with Crippen LogP contribution in [0.3, 0.4) is 0 Å². The maximum Gasteiger partial charge on any atom is 0.215 e. The summed E-state index contributed by atoms with van der Waals surface area (Å²) in [5, 5.41) is 12.0. The summed E-state index contributed by atoms with van der Waals surface area (Å²) in [4.78, 5) is 0. The van der Waals surface area contributed by atoms with Gasteiger partial charge in [-0.2, -0.15) is 4.31 Å². The molecular formula is C11H26N2O3S. The highest BCUT2D eigenvalue weighted by atomic mass is 32.2. The molecular weight excluding hydrogens is 240 g/mol. The lowest BCUT2D eigenvalue weighted by Gasteiger charge is -2.21. The molecule has 0 heterocycles. The molecule has 0 spiro atoms. The lowest BCUT2D eigenvalue weighted by molar-refractivity contribution is 0.252. The second-order valence-electron chi connectivity index (χ2n) is 4.40. The third kappa shape index (κ3) is 7.70. The van der Waals surface area contributed by atoms with Crippen molar-refractivity contribution in [1.82, 2.24) is 9.62 Å². The Bertz CT molecular complexity index is 278. The van der Waals surface area contributed by atoms with Gasteiger partial charge in [0.15, 0.2) is 0 Å². The van der Waals surface area contributed by atoms with E-state index in [1.54, 1.807) is 0 Å². The van der Waals surface area contributed by atoms with Crippen molar-refractivity contribution in [3.8, 4) is 0 Å². The maximum absolute atomic E-state index is 12.0. The first-order chi connectivity index (χ1) is 7.94. The molecule has 0 bridgehead atoms. The highest BCUT2D eigenvalue weighted by Gasteiger charge is 2.20. The molecule has 0 unspecified atom stereocenters. The third-order valence-corrected chi connectivity index (χ3v) is 4.29. The lowest BCUT2D eigenvalue weighted by Crippen LogP contribution is -2.39. The molecule has 0 aliphatic heterocycles. The predicted octanol–water partition coefficient (Wildman–Crippen LogP) is 0.409. The molecule has 17 heavy (non-hydrogen) atoms. The molecule has 0 aromatic heterocycles. The van der Waals surface area contributed by atoms with Crippen molar-refractivity contribution < 1.29 is 13.5 Å². The highest BCUT2D eigenvalue weighted by molar-refractivity contribution is 7.89. The fraction of sp³-hybridized carbons (Fsp3) is 1.00. The minimum absolute atomic E-state index is 0.0922. The van der Waals surface area contributed by atoms with E-state index in [0.717, 1.165) is 12.8 Å². The normalized spacial score (nSPS) is 12.6. The Kier molecular flexibility index (Phi) is 8.77. The summed E-state index contributed by atoms with van der Waals surface area (Å²) in [6, 6.07) is 0.284. The third-order valence-electron chi connectivity index (χ3n) is 2.42. The van der Waals surface area contributed by atoms with Gasteiger partial charge in [0.1, 0.15) is 0 Å². The molecule has 0 saturated heterocycles. The van der Waals surface area contributed by atoms with E-state index in [0.29, 0.717) is 13.1 Å². The van der Waals surface area contributed by atoms with E-state index in [2.05, 4.69) is 5.32 Å². The van der Waals surface area contributed by atoms with Crippen LogP contribution in [0.25, 0.3) is 0 Å². The van der Waals surface area contributed by atoms with Gasteiger partial charge < -0.3 is 10.4 Å². The molecule has 0 aromatic carbocycles. The van der Waals surface area contributed by atoms with Crippen LogP contribution in [0.15, 0.2) is 0 Å². The zero-order chi connectivity index (χ0) is 13.3. The number of aliphatic hydroxyl groups excluding tert-OH is 1. The minimum atomic E-state index is -3.24. The number of aliphatic hydroxyl groups is 1. The van der Waals surface area contributed by atoms with Crippen LogP contribution in [-0.2, 0) is 10.0 Å². The second-order valence-corrected chi connectivity index (χ2v) is 6.49. The number of nitrogens with zero attached hydrogens (tertiary/aromatic N) is 1. The van der Waals surface area contributed by atoms with Gasteiger partial charge in [0.05, 0.1) is 12.4 Å². The van der Waals surface area contributed by atoms with Crippen molar-refractivity contribution >= 4 is 10.0 Å². The molecule has 0 amide bonds. The summed E-state index contributed by atoms with van der Waals surface area (Å²) in [6.45, 7) is 7.01. The first-order valence-corrected chi connectivity index (χ1v) is 7.87. The molecule has 6 heteroatoms. The van der Waals surface area contributed by atoms with Gasteiger partial charge in [0.25, 0.3) is 0 Å². The van der Waals surface area contributed by atoms with E-state index < -0.39 is 10.0 Å². The highest BCUT2D eigenvalue weighted by Crippen LogP contribution is 2.03. The Labute approximate surface area is 105 Å². The summed E-state index contributed by atoms with van der Waals surface area (Å²) in [5.74, 6) is 0.0922. The van der Waals surface area contributed by atoms with Crippen LogP contribution in [0.2, 0.25) is 0 Å². The summed E-state index contributed by atoms with van der Waals surface area (Å²) in [6.07, 6.45) is 1.78. The smallest absolute Gasteiger partial charge is 0.215 e. The lowest BCUT2D eigenvalue weighted by atomic mass is 10.3. The zero-order valence-corrected chi connectivity index (χ0v) is 12.0. The fourth-order valence-electron chi connectivity index (χ4n) is 1.44. The molecule has 2 N–H and O–H groups in total. The number of sulfonamides is 1. The number of hydrogen-bond acceptors (Lipinski definition) is 4. The van der Waals surface area contributed by atoms with Gasteiger partial charge in [-0.3, -0.25) is 0 Å². The van der Waals surface area contributed by atoms with Gasteiger partial charge in [-0.15, -0.1) is 0 Å². The Hall–Kier alpha value is -0.170. The molecule has 0 aromatic rings. The van der Waals surface area contributed by atoms with Crippen molar-refractivity contribution in [1.29, 1.82) is 0 Å². The van der Waals surface area contributed by atoms with Crippen molar-refractivity contribution in [3.05, 3.63) is 0 Å². The molecule has 0 atom stereocenters. The molecule has 104 valence electrons. The first kappa shape index (κ1) is 16.8. The summed E-state index contributed by atoms with van der Waals surface area (Å²) in [5.41, 5.74) is 0. The molecule has 5 nitrogen and oxygen atoms in total. The molecule has 0 saturated carbocycles. The number of hydrogen-bond donors (Lipinski definition) is 2. The van der Waals surface area contributed by atoms with E-state index in [1.807, 2.05) is 20.8 Å². The van der Waals surface area contributed by atoms with Crippen LogP contribution in [0.4, 0.5) is 0 Å². The van der Waals surface area contributed by atoms with E-state index >= 15 is 0 Å². The number of unbranched alkanes of at least 4 members (excludes halogenated alkanes) is 1. The van der Waals surface area contributed by atoms with Crippen LogP contribution in [0.1, 0.15) is 33.6 Å². The molecule has 0 radical (unpaired) electrons. The monoisotopic (exact) mass is 266 g/mol. The molecule has 0 aliphatic rings. The van der Waals surface area contributed by atoms with Gasteiger partial charge in [0, 0.05) is 25.7 Å². The summed E-state index contributed by atoms with van der Waals surface area (Å²) >= 11 is 0. The average molecular weight is 266 g/mol. The van der Waals surface area contributed by atoms with E-state index in [-0.39, 0.29) is 24.9 Å². The zero-order valence-electron chi connectivity index (χ0n) is 11.1. The largest absolute Gasteiger partial charge is 0.395 e. The predicted molar refractivity (Wildman–Crippen MR) is 70.5 cm³/mol. The van der Waals surface area contributed by atoms with Crippen molar-refractivity contribution in [2.45, 2.75) is 39.7 Å². The van der Waals surface area contributed by atoms with Crippen LogP contribution in [0, 0.1) is 0 Å². The number of nitrogens with one attached hydrogen (secondary N) is 1. The molecule has 0 fully saturated rings.